The first-order valence-corrected chi connectivity index (χ1v) is 15.2. The minimum absolute atomic E-state index is 0.0209. The van der Waals surface area contributed by atoms with Crippen molar-refractivity contribution in [1.29, 1.82) is 0 Å². The van der Waals surface area contributed by atoms with E-state index in [4.69, 9.17) is 14.2 Å². The smallest absolute Gasteiger partial charge is 0.295 e. The van der Waals surface area contributed by atoms with E-state index >= 15 is 0 Å². The normalized spacial score (nSPS) is 15.4. The van der Waals surface area contributed by atoms with Crippen LogP contribution in [0.5, 0.6) is 17.2 Å². The number of Topliss-reactive ketones (excluding diaryl/α,β-unsaturated/α-hetero) is 1. The molecular formula is C39H34N2O6. The Labute approximate surface area is 273 Å². The number of hydrogen-bond donors (Lipinski definition) is 1. The lowest BCUT2D eigenvalue weighted by Gasteiger charge is -2.26. The Morgan fingerprint density at radius 1 is 0.809 bits per heavy atom. The molecule has 0 spiro atoms. The number of pyridine rings is 1. The highest BCUT2D eigenvalue weighted by Crippen LogP contribution is 2.43. The van der Waals surface area contributed by atoms with Gasteiger partial charge in [-0.25, -0.2) is 0 Å². The molecule has 8 heteroatoms. The van der Waals surface area contributed by atoms with Crippen molar-refractivity contribution in [3.8, 4) is 17.2 Å². The number of benzene rings is 4. The predicted molar refractivity (Wildman–Crippen MR) is 178 cm³/mol. The fraction of sp³-hybridized carbons (Fsp3) is 0.154. The molecule has 1 unspecified atom stereocenters. The number of hydrogen-bond acceptors (Lipinski definition) is 7. The molecule has 47 heavy (non-hydrogen) atoms. The average Bonchev–Trinajstić information content (AvgIpc) is 3.36. The second-order valence-corrected chi connectivity index (χ2v) is 11.2. The maximum atomic E-state index is 13.6. The van der Waals surface area contributed by atoms with E-state index in [0.717, 1.165) is 22.3 Å². The summed E-state index contributed by atoms with van der Waals surface area (Å²) in [6, 6.07) is 32.5. The fourth-order valence-electron chi connectivity index (χ4n) is 5.58. The van der Waals surface area contributed by atoms with Crippen molar-refractivity contribution in [3.63, 3.8) is 0 Å². The maximum absolute atomic E-state index is 13.6. The Bertz CT molecular complexity index is 1910. The highest BCUT2D eigenvalue weighted by atomic mass is 16.5. The SMILES string of the molecule is COc1cc(C2/C(=C(\O)c3ccc(OCc4ccccc4C)cc3)C(=O)C(=O)N2Cc2cccnc2)ccc1OCc1ccccc1. The van der Waals surface area contributed by atoms with Crippen LogP contribution in [-0.4, -0.2) is 33.8 Å². The molecule has 1 aliphatic heterocycles. The first-order chi connectivity index (χ1) is 22.9. The van der Waals surface area contributed by atoms with Gasteiger partial charge in [-0.2, -0.15) is 0 Å². The van der Waals surface area contributed by atoms with Crippen LogP contribution in [0.15, 0.2) is 127 Å². The lowest BCUT2D eigenvalue weighted by Crippen LogP contribution is -2.29. The maximum Gasteiger partial charge on any atom is 0.295 e. The molecule has 6 rings (SSSR count). The molecule has 0 radical (unpaired) electrons. The van der Waals surface area contributed by atoms with Gasteiger partial charge in [0.15, 0.2) is 11.5 Å². The Hall–Kier alpha value is -5.89. The number of aliphatic hydroxyl groups excluding tert-OH is 1. The molecule has 2 heterocycles. The Morgan fingerprint density at radius 3 is 2.28 bits per heavy atom. The van der Waals surface area contributed by atoms with Gasteiger partial charge in [-0.05, 0) is 77.2 Å². The van der Waals surface area contributed by atoms with Gasteiger partial charge in [0.2, 0.25) is 0 Å². The van der Waals surface area contributed by atoms with Gasteiger partial charge in [-0.3, -0.25) is 14.6 Å². The predicted octanol–water partition coefficient (Wildman–Crippen LogP) is 7.18. The number of rotatable bonds is 11. The van der Waals surface area contributed by atoms with E-state index in [1.807, 2.05) is 67.6 Å². The first-order valence-electron chi connectivity index (χ1n) is 15.2. The molecule has 4 aromatic carbocycles. The summed E-state index contributed by atoms with van der Waals surface area (Å²) in [7, 11) is 1.53. The van der Waals surface area contributed by atoms with E-state index in [2.05, 4.69) is 4.98 Å². The van der Waals surface area contributed by atoms with Gasteiger partial charge >= 0.3 is 0 Å². The minimum atomic E-state index is -0.899. The molecule has 1 aromatic heterocycles. The van der Waals surface area contributed by atoms with Crippen LogP contribution in [0.1, 0.15) is 39.4 Å². The standard InChI is InChI=1S/C39H34N2O6/c1-26-9-6-7-13-31(26)25-46-32-17-14-29(15-18-32)37(42)35-36(41(39(44)38(35)43)23-28-12-8-20-40-22-28)30-16-19-33(34(21-30)45-2)47-24-27-10-4-3-5-11-27/h3-22,36,42H,23-25H2,1-2H3/b37-35+. The van der Waals surface area contributed by atoms with Gasteiger partial charge in [0.1, 0.15) is 24.7 Å². The third-order valence-electron chi connectivity index (χ3n) is 8.14. The topological polar surface area (TPSA) is 98.2 Å². The Morgan fingerprint density at radius 2 is 1.55 bits per heavy atom. The molecule has 1 amide bonds. The molecular weight excluding hydrogens is 592 g/mol. The molecule has 236 valence electrons. The molecule has 0 aliphatic carbocycles. The van der Waals surface area contributed by atoms with E-state index in [1.54, 1.807) is 60.9 Å². The summed E-state index contributed by atoms with van der Waals surface area (Å²) in [5, 5.41) is 11.6. The van der Waals surface area contributed by atoms with Crippen LogP contribution in [0, 0.1) is 6.92 Å². The van der Waals surface area contributed by atoms with Crippen molar-refractivity contribution in [2.75, 3.05) is 7.11 Å². The van der Waals surface area contributed by atoms with Crippen molar-refractivity contribution in [3.05, 3.63) is 161 Å². The van der Waals surface area contributed by atoms with Gasteiger partial charge in [0.05, 0.1) is 18.7 Å². The molecule has 1 atom stereocenters. The average molecular weight is 627 g/mol. The van der Waals surface area contributed by atoms with E-state index in [9.17, 15) is 14.7 Å². The van der Waals surface area contributed by atoms with Crippen LogP contribution in [-0.2, 0) is 29.3 Å². The number of aromatic nitrogens is 1. The summed E-state index contributed by atoms with van der Waals surface area (Å²) < 4.78 is 17.7. The third-order valence-corrected chi connectivity index (χ3v) is 8.14. The summed E-state index contributed by atoms with van der Waals surface area (Å²) in [6.07, 6.45) is 3.29. The van der Waals surface area contributed by atoms with Crippen LogP contribution in [0.25, 0.3) is 5.76 Å². The number of carbonyl (C=O) groups excluding carboxylic acids is 2. The van der Waals surface area contributed by atoms with E-state index < -0.39 is 17.7 Å². The lowest BCUT2D eigenvalue weighted by molar-refractivity contribution is -0.140. The van der Waals surface area contributed by atoms with Crippen LogP contribution in [0.2, 0.25) is 0 Å². The largest absolute Gasteiger partial charge is 0.507 e. The van der Waals surface area contributed by atoms with Crippen molar-refractivity contribution in [2.45, 2.75) is 32.7 Å². The summed E-state index contributed by atoms with van der Waals surface area (Å²) in [6.45, 7) is 2.87. The molecule has 1 N–H and O–H groups in total. The second-order valence-electron chi connectivity index (χ2n) is 11.2. The number of amides is 1. The zero-order valence-corrected chi connectivity index (χ0v) is 26.1. The molecule has 5 aromatic rings. The number of aliphatic hydroxyl groups is 1. The number of likely N-dealkylation sites (tertiary alicyclic amines) is 1. The first kappa shape index (κ1) is 31.1. The van der Waals surface area contributed by atoms with Crippen molar-refractivity contribution >= 4 is 17.4 Å². The van der Waals surface area contributed by atoms with Crippen molar-refractivity contribution < 1.29 is 28.9 Å². The fourth-order valence-corrected chi connectivity index (χ4v) is 5.58. The van der Waals surface area contributed by atoms with E-state index in [-0.39, 0.29) is 17.9 Å². The molecule has 0 saturated carbocycles. The highest BCUT2D eigenvalue weighted by Gasteiger charge is 2.46. The molecule has 1 fully saturated rings. The summed E-state index contributed by atoms with van der Waals surface area (Å²) in [4.78, 5) is 32.8. The van der Waals surface area contributed by atoms with Gasteiger partial charge in [-0.1, -0.05) is 66.7 Å². The Balaban J connectivity index is 1.33. The van der Waals surface area contributed by atoms with E-state index in [0.29, 0.717) is 41.6 Å². The van der Waals surface area contributed by atoms with Gasteiger partial charge in [-0.15, -0.1) is 0 Å². The lowest BCUT2D eigenvalue weighted by atomic mass is 9.94. The summed E-state index contributed by atoms with van der Waals surface area (Å²) >= 11 is 0. The van der Waals surface area contributed by atoms with Gasteiger partial charge in [0, 0.05) is 24.5 Å². The van der Waals surface area contributed by atoms with Crippen LogP contribution >= 0.6 is 0 Å². The molecule has 8 nitrogen and oxygen atoms in total. The number of ether oxygens (including phenoxy) is 3. The molecule has 1 aliphatic rings. The van der Waals surface area contributed by atoms with Crippen LogP contribution < -0.4 is 14.2 Å². The zero-order chi connectivity index (χ0) is 32.8. The highest BCUT2D eigenvalue weighted by molar-refractivity contribution is 6.46. The van der Waals surface area contributed by atoms with Gasteiger partial charge < -0.3 is 24.2 Å². The van der Waals surface area contributed by atoms with E-state index in [1.165, 1.54) is 12.0 Å². The zero-order valence-electron chi connectivity index (χ0n) is 26.1. The quantitative estimate of drug-likeness (QED) is 0.0942. The molecule has 1 saturated heterocycles. The van der Waals surface area contributed by atoms with Crippen molar-refractivity contribution in [1.82, 2.24) is 9.88 Å². The number of carbonyl (C=O) groups is 2. The number of nitrogens with zero attached hydrogens (tertiary/aromatic N) is 2. The number of methoxy groups -OCH3 is 1. The number of aryl methyl sites for hydroxylation is 1. The van der Waals surface area contributed by atoms with Crippen LogP contribution in [0.4, 0.5) is 0 Å². The summed E-state index contributed by atoms with van der Waals surface area (Å²) in [5.41, 5.74) is 4.88. The Kier molecular flexibility index (Phi) is 9.29. The monoisotopic (exact) mass is 626 g/mol. The second kappa shape index (κ2) is 14.0. The minimum Gasteiger partial charge on any atom is -0.507 e. The molecule has 0 bridgehead atoms. The van der Waals surface area contributed by atoms with Crippen LogP contribution in [0.3, 0.4) is 0 Å². The number of ketones is 1. The van der Waals surface area contributed by atoms with Crippen molar-refractivity contribution in [2.24, 2.45) is 0 Å². The third kappa shape index (κ3) is 6.87. The van der Waals surface area contributed by atoms with Gasteiger partial charge in [0.25, 0.3) is 11.7 Å². The summed E-state index contributed by atoms with van der Waals surface area (Å²) in [5.74, 6) is -0.238.